The van der Waals surface area contributed by atoms with E-state index in [9.17, 15) is 4.79 Å². The second kappa shape index (κ2) is 3.62. The first-order chi connectivity index (χ1) is 7.32. The van der Waals surface area contributed by atoms with Gasteiger partial charge in [-0.25, -0.2) is 4.79 Å². The Kier molecular flexibility index (Phi) is 2.65. The van der Waals surface area contributed by atoms with Crippen LogP contribution in [0.15, 0.2) is 0 Å². The van der Waals surface area contributed by atoms with E-state index in [1.165, 1.54) is 0 Å². The molecule has 0 aliphatic carbocycles. The molecule has 2 rings (SSSR count). The summed E-state index contributed by atoms with van der Waals surface area (Å²) in [5.41, 5.74) is -0.0731. The molecule has 1 atom stereocenters. The van der Waals surface area contributed by atoms with E-state index in [1.54, 1.807) is 0 Å². The number of likely N-dealkylation sites (tertiary alicyclic amines) is 1. The van der Waals surface area contributed by atoms with Gasteiger partial charge in [-0.3, -0.25) is 0 Å². The molecule has 4 heteroatoms. The van der Waals surface area contributed by atoms with E-state index in [0.717, 1.165) is 26.2 Å². The molecule has 1 spiro atoms. The first-order valence-electron chi connectivity index (χ1n) is 6.01. The van der Waals surface area contributed by atoms with Gasteiger partial charge in [0.05, 0.1) is 0 Å². The van der Waals surface area contributed by atoms with Crippen LogP contribution in [0, 0.1) is 11.3 Å². The van der Waals surface area contributed by atoms with Gasteiger partial charge < -0.3 is 15.0 Å². The first-order valence-corrected chi connectivity index (χ1v) is 6.01. The van der Waals surface area contributed by atoms with Crippen molar-refractivity contribution in [1.29, 1.82) is 0 Å². The molecule has 2 aliphatic heterocycles. The Hall–Kier alpha value is -0.770. The van der Waals surface area contributed by atoms with Gasteiger partial charge in [-0.15, -0.1) is 0 Å². The lowest BCUT2D eigenvalue weighted by atomic mass is 9.73. The van der Waals surface area contributed by atoms with Crippen LogP contribution in [0.3, 0.4) is 0 Å². The zero-order valence-corrected chi connectivity index (χ0v) is 10.7. The Morgan fingerprint density at radius 3 is 2.50 bits per heavy atom. The lowest BCUT2D eigenvalue weighted by Crippen LogP contribution is -2.62. The molecule has 4 nitrogen and oxygen atoms in total. The Morgan fingerprint density at radius 2 is 2.06 bits per heavy atom. The minimum absolute atomic E-state index is 0.169. The molecule has 0 radical (unpaired) electrons. The van der Waals surface area contributed by atoms with Gasteiger partial charge in [0.1, 0.15) is 5.60 Å². The lowest BCUT2D eigenvalue weighted by Gasteiger charge is -2.50. The topological polar surface area (TPSA) is 41.6 Å². The SMILES string of the molecule is CC1CNCC12CN(C(=O)OC(C)(C)C)C2. The fourth-order valence-corrected chi connectivity index (χ4v) is 2.52. The number of carbonyl (C=O) groups is 1. The molecule has 2 saturated heterocycles. The largest absolute Gasteiger partial charge is 0.444 e. The molecule has 1 unspecified atom stereocenters. The number of hydrogen-bond donors (Lipinski definition) is 1. The Balaban J connectivity index is 1.86. The third-order valence-corrected chi connectivity index (χ3v) is 3.64. The van der Waals surface area contributed by atoms with Crippen LogP contribution >= 0.6 is 0 Å². The Bertz CT molecular complexity index is 290. The Morgan fingerprint density at radius 1 is 1.44 bits per heavy atom. The average molecular weight is 226 g/mol. The molecule has 0 saturated carbocycles. The Labute approximate surface area is 97.3 Å². The second-order valence-electron chi connectivity index (χ2n) is 6.23. The summed E-state index contributed by atoms with van der Waals surface area (Å²) in [5.74, 6) is 0.659. The average Bonchev–Trinajstić information content (AvgIpc) is 2.40. The number of hydrogen-bond acceptors (Lipinski definition) is 3. The molecule has 0 aromatic carbocycles. The molecular weight excluding hydrogens is 204 g/mol. The first kappa shape index (κ1) is 11.7. The summed E-state index contributed by atoms with van der Waals surface area (Å²) < 4.78 is 5.35. The zero-order chi connectivity index (χ0) is 12.0. The molecule has 1 N–H and O–H groups in total. The van der Waals surface area contributed by atoms with E-state index in [-0.39, 0.29) is 11.7 Å². The molecule has 2 heterocycles. The predicted molar refractivity (Wildman–Crippen MR) is 62.3 cm³/mol. The summed E-state index contributed by atoms with van der Waals surface area (Å²) in [6, 6.07) is 0. The number of amides is 1. The molecule has 92 valence electrons. The van der Waals surface area contributed by atoms with Crippen molar-refractivity contribution in [1.82, 2.24) is 10.2 Å². The van der Waals surface area contributed by atoms with Crippen molar-refractivity contribution in [3.8, 4) is 0 Å². The summed E-state index contributed by atoms with van der Waals surface area (Å²) in [6.07, 6.45) is -0.169. The molecule has 16 heavy (non-hydrogen) atoms. The van der Waals surface area contributed by atoms with Crippen molar-refractivity contribution in [3.05, 3.63) is 0 Å². The van der Waals surface area contributed by atoms with Crippen molar-refractivity contribution in [3.63, 3.8) is 0 Å². The minimum Gasteiger partial charge on any atom is -0.444 e. The van der Waals surface area contributed by atoms with E-state index in [2.05, 4.69) is 12.2 Å². The van der Waals surface area contributed by atoms with Crippen LogP contribution in [0.2, 0.25) is 0 Å². The summed E-state index contributed by atoms with van der Waals surface area (Å²) in [6.45, 7) is 11.8. The van der Waals surface area contributed by atoms with Crippen LogP contribution in [-0.2, 0) is 4.74 Å². The molecule has 0 aromatic rings. The standard InChI is InChI=1S/C12H22N2O2/c1-9-5-13-6-12(9)7-14(8-12)10(15)16-11(2,3)4/h9,13H,5-8H2,1-4H3. The van der Waals surface area contributed by atoms with Crippen molar-refractivity contribution < 1.29 is 9.53 Å². The maximum absolute atomic E-state index is 11.8. The van der Waals surface area contributed by atoms with Crippen LogP contribution in [0.4, 0.5) is 4.79 Å². The summed E-state index contributed by atoms with van der Waals surface area (Å²) in [7, 11) is 0. The smallest absolute Gasteiger partial charge is 0.410 e. The number of rotatable bonds is 0. The molecule has 0 bridgehead atoms. The maximum Gasteiger partial charge on any atom is 0.410 e. The molecule has 2 aliphatic rings. The van der Waals surface area contributed by atoms with Gasteiger partial charge in [0, 0.05) is 25.0 Å². The van der Waals surface area contributed by atoms with E-state index in [0.29, 0.717) is 11.3 Å². The highest BCUT2D eigenvalue weighted by Gasteiger charge is 2.51. The van der Waals surface area contributed by atoms with E-state index in [1.807, 2.05) is 25.7 Å². The van der Waals surface area contributed by atoms with Gasteiger partial charge in [0.2, 0.25) is 0 Å². The highest BCUT2D eigenvalue weighted by Crippen LogP contribution is 2.40. The lowest BCUT2D eigenvalue weighted by molar-refractivity contribution is -0.0404. The van der Waals surface area contributed by atoms with Gasteiger partial charge >= 0.3 is 6.09 Å². The maximum atomic E-state index is 11.8. The monoisotopic (exact) mass is 226 g/mol. The summed E-state index contributed by atoms with van der Waals surface area (Å²) in [5, 5.41) is 3.39. The normalized spacial score (nSPS) is 28.0. The van der Waals surface area contributed by atoms with E-state index >= 15 is 0 Å². The molecule has 0 aromatic heterocycles. The van der Waals surface area contributed by atoms with Crippen molar-refractivity contribution in [2.24, 2.45) is 11.3 Å². The minimum atomic E-state index is -0.390. The fourth-order valence-electron chi connectivity index (χ4n) is 2.52. The van der Waals surface area contributed by atoms with Crippen molar-refractivity contribution >= 4 is 6.09 Å². The van der Waals surface area contributed by atoms with Gasteiger partial charge in [-0.05, 0) is 33.2 Å². The number of nitrogens with zero attached hydrogens (tertiary/aromatic N) is 1. The van der Waals surface area contributed by atoms with Gasteiger partial charge in [0.15, 0.2) is 0 Å². The highest BCUT2D eigenvalue weighted by molar-refractivity contribution is 5.69. The zero-order valence-electron chi connectivity index (χ0n) is 10.7. The van der Waals surface area contributed by atoms with Crippen LogP contribution < -0.4 is 5.32 Å². The highest BCUT2D eigenvalue weighted by atomic mass is 16.6. The molecule has 1 amide bonds. The third kappa shape index (κ3) is 2.03. The van der Waals surface area contributed by atoms with Crippen molar-refractivity contribution in [2.45, 2.75) is 33.3 Å². The number of carbonyl (C=O) groups excluding carboxylic acids is 1. The predicted octanol–water partition coefficient (Wildman–Crippen LogP) is 1.46. The van der Waals surface area contributed by atoms with E-state index in [4.69, 9.17) is 4.74 Å². The number of nitrogens with one attached hydrogen (secondary N) is 1. The van der Waals surface area contributed by atoms with Crippen LogP contribution in [0.25, 0.3) is 0 Å². The van der Waals surface area contributed by atoms with Gasteiger partial charge in [-0.2, -0.15) is 0 Å². The van der Waals surface area contributed by atoms with Crippen LogP contribution in [-0.4, -0.2) is 42.8 Å². The molecule has 2 fully saturated rings. The van der Waals surface area contributed by atoms with Gasteiger partial charge in [0.25, 0.3) is 0 Å². The van der Waals surface area contributed by atoms with Crippen LogP contribution in [0.5, 0.6) is 0 Å². The van der Waals surface area contributed by atoms with Crippen LogP contribution in [0.1, 0.15) is 27.7 Å². The van der Waals surface area contributed by atoms with Gasteiger partial charge in [-0.1, -0.05) is 6.92 Å². The van der Waals surface area contributed by atoms with E-state index < -0.39 is 0 Å². The summed E-state index contributed by atoms with van der Waals surface area (Å²) in [4.78, 5) is 13.6. The summed E-state index contributed by atoms with van der Waals surface area (Å²) >= 11 is 0. The van der Waals surface area contributed by atoms with Crippen molar-refractivity contribution in [2.75, 3.05) is 26.2 Å². The number of ether oxygens (including phenoxy) is 1. The third-order valence-electron chi connectivity index (χ3n) is 3.64. The molecular formula is C12H22N2O2. The second-order valence-corrected chi connectivity index (χ2v) is 6.23. The fraction of sp³-hybridized carbons (Fsp3) is 0.917. The quantitative estimate of drug-likeness (QED) is 0.680.